The highest BCUT2D eigenvalue weighted by atomic mass is 16.5. The number of piperazine rings is 1. The highest BCUT2D eigenvalue weighted by Gasteiger charge is 2.35. The number of carbonyl (C=O) groups excluding carboxylic acids is 2. The minimum absolute atomic E-state index is 0.0388. The SMILES string of the molecule is COc1cccc(CN2C(=O)CN(C(=O)c3cc4c(OC)cccc4[nH]3)C[C@@H]2CCc2ccccc2)c1. The van der Waals surface area contributed by atoms with Gasteiger partial charge in [0.25, 0.3) is 5.91 Å². The fourth-order valence-electron chi connectivity index (χ4n) is 5.03. The van der Waals surface area contributed by atoms with E-state index < -0.39 is 0 Å². The van der Waals surface area contributed by atoms with E-state index in [0.717, 1.165) is 35.1 Å². The van der Waals surface area contributed by atoms with Gasteiger partial charge in [0.1, 0.15) is 23.7 Å². The fraction of sp³-hybridized carbons (Fsp3) is 0.267. The van der Waals surface area contributed by atoms with Crippen molar-refractivity contribution >= 4 is 22.7 Å². The maximum Gasteiger partial charge on any atom is 0.270 e. The third-order valence-corrected chi connectivity index (χ3v) is 6.98. The third-order valence-electron chi connectivity index (χ3n) is 6.98. The largest absolute Gasteiger partial charge is 0.497 e. The summed E-state index contributed by atoms with van der Waals surface area (Å²) in [5.74, 6) is 1.22. The van der Waals surface area contributed by atoms with Gasteiger partial charge in [0.2, 0.25) is 5.91 Å². The molecule has 37 heavy (non-hydrogen) atoms. The van der Waals surface area contributed by atoms with Crippen LogP contribution in [0.15, 0.2) is 78.9 Å². The van der Waals surface area contributed by atoms with Crippen molar-refractivity contribution in [1.82, 2.24) is 14.8 Å². The van der Waals surface area contributed by atoms with Crippen LogP contribution in [0.1, 0.15) is 28.0 Å². The quantitative estimate of drug-likeness (QED) is 0.384. The van der Waals surface area contributed by atoms with Crippen molar-refractivity contribution in [2.45, 2.75) is 25.4 Å². The van der Waals surface area contributed by atoms with Crippen molar-refractivity contribution in [3.63, 3.8) is 0 Å². The van der Waals surface area contributed by atoms with Gasteiger partial charge in [0.15, 0.2) is 0 Å². The molecule has 1 aromatic heterocycles. The molecule has 1 aliphatic rings. The number of H-pyrrole nitrogens is 1. The molecule has 1 saturated heterocycles. The number of benzene rings is 3. The van der Waals surface area contributed by atoms with E-state index in [1.807, 2.05) is 71.6 Å². The van der Waals surface area contributed by atoms with E-state index in [1.54, 1.807) is 19.1 Å². The average Bonchev–Trinajstić information content (AvgIpc) is 3.38. The van der Waals surface area contributed by atoms with Gasteiger partial charge in [0.05, 0.1) is 20.3 Å². The molecule has 1 N–H and O–H groups in total. The Morgan fingerprint density at radius 2 is 1.73 bits per heavy atom. The van der Waals surface area contributed by atoms with Crippen LogP contribution in [0.3, 0.4) is 0 Å². The molecule has 0 unspecified atom stereocenters. The topological polar surface area (TPSA) is 74.9 Å². The molecule has 0 bridgehead atoms. The standard InChI is InChI=1S/C30H31N3O4/c1-36-24-11-6-10-22(16-24)18-33-23(15-14-21-8-4-3-5-9-21)19-32(20-29(33)34)30(35)27-17-25-26(31-27)12-7-13-28(25)37-2/h3-13,16-17,23,31H,14-15,18-20H2,1-2H3/t23-/m0/s1. The summed E-state index contributed by atoms with van der Waals surface area (Å²) in [4.78, 5) is 33.8. The summed E-state index contributed by atoms with van der Waals surface area (Å²) in [6.07, 6.45) is 1.57. The number of amides is 2. The van der Waals surface area contributed by atoms with Crippen LogP contribution < -0.4 is 9.47 Å². The molecule has 0 saturated carbocycles. The van der Waals surface area contributed by atoms with Gasteiger partial charge in [-0.2, -0.15) is 0 Å². The molecule has 1 atom stereocenters. The number of nitrogens with zero attached hydrogens (tertiary/aromatic N) is 2. The van der Waals surface area contributed by atoms with Crippen LogP contribution in [-0.2, 0) is 17.8 Å². The zero-order valence-corrected chi connectivity index (χ0v) is 21.1. The Balaban J connectivity index is 1.39. The maximum atomic E-state index is 13.5. The Morgan fingerprint density at radius 3 is 2.51 bits per heavy atom. The van der Waals surface area contributed by atoms with Gasteiger partial charge in [-0.1, -0.05) is 48.5 Å². The smallest absolute Gasteiger partial charge is 0.270 e. The summed E-state index contributed by atoms with van der Waals surface area (Å²) < 4.78 is 10.8. The van der Waals surface area contributed by atoms with Gasteiger partial charge in [-0.15, -0.1) is 0 Å². The lowest BCUT2D eigenvalue weighted by Gasteiger charge is -2.41. The fourth-order valence-corrected chi connectivity index (χ4v) is 5.03. The molecule has 190 valence electrons. The number of aromatic nitrogens is 1. The number of aromatic amines is 1. The Kier molecular flexibility index (Phi) is 7.12. The zero-order valence-electron chi connectivity index (χ0n) is 21.1. The summed E-state index contributed by atoms with van der Waals surface area (Å²) >= 11 is 0. The molecular formula is C30H31N3O4. The zero-order chi connectivity index (χ0) is 25.8. The second-order valence-electron chi connectivity index (χ2n) is 9.34. The molecule has 7 nitrogen and oxygen atoms in total. The number of aryl methyl sites for hydroxylation is 1. The van der Waals surface area contributed by atoms with E-state index in [-0.39, 0.29) is 24.4 Å². The molecule has 0 radical (unpaired) electrons. The van der Waals surface area contributed by atoms with Crippen molar-refractivity contribution in [2.75, 3.05) is 27.3 Å². The number of hydrogen-bond donors (Lipinski definition) is 1. The minimum Gasteiger partial charge on any atom is -0.497 e. The van der Waals surface area contributed by atoms with Crippen LogP contribution in [0.2, 0.25) is 0 Å². The lowest BCUT2D eigenvalue weighted by atomic mass is 10.0. The number of hydrogen-bond acceptors (Lipinski definition) is 4. The third kappa shape index (κ3) is 5.31. The van der Waals surface area contributed by atoms with Crippen LogP contribution in [-0.4, -0.2) is 59.9 Å². The van der Waals surface area contributed by atoms with Crippen LogP contribution >= 0.6 is 0 Å². The molecule has 2 heterocycles. The first-order valence-electron chi connectivity index (χ1n) is 12.5. The number of rotatable bonds is 8. The van der Waals surface area contributed by atoms with Crippen molar-refractivity contribution in [3.05, 3.63) is 95.7 Å². The molecule has 0 aliphatic carbocycles. The average molecular weight is 498 g/mol. The van der Waals surface area contributed by atoms with E-state index in [9.17, 15) is 9.59 Å². The normalized spacial score (nSPS) is 15.7. The Hall–Kier alpha value is -4.26. The van der Waals surface area contributed by atoms with Crippen molar-refractivity contribution in [2.24, 2.45) is 0 Å². The molecule has 7 heteroatoms. The molecular weight excluding hydrogens is 466 g/mol. The second-order valence-corrected chi connectivity index (χ2v) is 9.34. The van der Waals surface area contributed by atoms with E-state index in [2.05, 4.69) is 17.1 Å². The molecule has 0 spiro atoms. The minimum atomic E-state index is -0.183. The summed E-state index contributed by atoms with van der Waals surface area (Å²) in [6, 6.07) is 25.4. The molecule has 1 fully saturated rings. The monoisotopic (exact) mass is 497 g/mol. The summed E-state index contributed by atoms with van der Waals surface area (Å²) in [7, 11) is 3.25. The Morgan fingerprint density at radius 1 is 0.946 bits per heavy atom. The first-order valence-corrected chi connectivity index (χ1v) is 12.5. The van der Waals surface area contributed by atoms with E-state index in [4.69, 9.17) is 9.47 Å². The lowest BCUT2D eigenvalue weighted by Crippen LogP contribution is -2.57. The number of nitrogens with one attached hydrogen (secondary N) is 1. The number of carbonyl (C=O) groups is 2. The van der Waals surface area contributed by atoms with Gasteiger partial charge in [0, 0.05) is 24.0 Å². The molecule has 3 aromatic carbocycles. The Bertz CT molecular complexity index is 1400. The molecule has 1 aliphatic heterocycles. The maximum absolute atomic E-state index is 13.5. The van der Waals surface area contributed by atoms with E-state index >= 15 is 0 Å². The highest BCUT2D eigenvalue weighted by Crippen LogP contribution is 2.28. The molecule has 5 rings (SSSR count). The lowest BCUT2D eigenvalue weighted by molar-refractivity contribution is -0.139. The van der Waals surface area contributed by atoms with Crippen LogP contribution in [0.25, 0.3) is 10.9 Å². The van der Waals surface area contributed by atoms with Crippen molar-refractivity contribution in [1.29, 1.82) is 0 Å². The highest BCUT2D eigenvalue weighted by molar-refractivity contribution is 6.01. The number of fused-ring (bicyclic) bond motifs is 1. The summed E-state index contributed by atoms with van der Waals surface area (Å²) in [6.45, 7) is 0.978. The van der Waals surface area contributed by atoms with Crippen LogP contribution in [0, 0.1) is 0 Å². The summed E-state index contributed by atoms with van der Waals surface area (Å²) in [5.41, 5.74) is 3.49. The Labute approximate surface area is 216 Å². The summed E-state index contributed by atoms with van der Waals surface area (Å²) in [5, 5.41) is 0.844. The van der Waals surface area contributed by atoms with E-state index in [0.29, 0.717) is 24.5 Å². The van der Waals surface area contributed by atoms with Crippen molar-refractivity contribution < 1.29 is 19.1 Å². The molecule has 2 amide bonds. The van der Waals surface area contributed by atoms with Gasteiger partial charge in [-0.3, -0.25) is 9.59 Å². The van der Waals surface area contributed by atoms with Gasteiger partial charge < -0.3 is 24.3 Å². The van der Waals surface area contributed by atoms with Gasteiger partial charge in [-0.05, 0) is 54.3 Å². The second kappa shape index (κ2) is 10.8. The predicted molar refractivity (Wildman–Crippen MR) is 143 cm³/mol. The first kappa shape index (κ1) is 24.4. The van der Waals surface area contributed by atoms with Gasteiger partial charge in [-0.25, -0.2) is 0 Å². The van der Waals surface area contributed by atoms with Crippen LogP contribution in [0.4, 0.5) is 0 Å². The van der Waals surface area contributed by atoms with Crippen molar-refractivity contribution in [3.8, 4) is 11.5 Å². The first-order chi connectivity index (χ1) is 18.1. The molecule has 4 aromatic rings. The van der Waals surface area contributed by atoms with E-state index in [1.165, 1.54) is 5.56 Å². The predicted octanol–water partition coefficient (Wildman–Crippen LogP) is 4.67. The van der Waals surface area contributed by atoms with Gasteiger partial charge >= 0.3 is 0 Å². The van der Waals surface area contributed by atoms with Crippen LogP contribution in [0.5, 0.6) is 11.5 Å². The number of methoxy groups -OCH3 is 2. The number of ether oxygens (including phenoxy) is 2.